The molecular weight excluding hydrogens is 242 g/mol. The van der Waals surface area contributed by atoms with Gasteiger partial charge in [0.25, 0.3) is 0 Å². The lowest BCUT2D eigenvalue weighted by atomic mass is 9.63. The van der Waals surface area contributed by atoms with E-state index < -0.39 is 11.4 Å². The van der Waals surface area contributed by atoms with Gasteiger partial charge in [-0.1, -0.05) is 13.8 Å². The number of carboxylic acid groups (broad SMARTS) is 1. The Balaban J connectivity index is 2.20. The van der Waals surface area contributed by atoms with Crippen LogP contribution < -0.4 is 0 Å². The Labute approximate surface area is 114 Å². The Kier molecular flexibility index (Phi) is 3.65. The summed E-state index contributed by atoms with van der Waals surface area (Å²) in [6.07, 6.45) is 5.38. The lowest BCUT2D eigenvalue weighted by Crippen LogP contribution is -2.40. The summed E-state index contributed by atoms with van der Waals surface area (Å²) in [5, 5.41) is 13.8. The van der Waals surface area contributed by atoms with Crippen molar-refractivity contribution in [2.45, 2.75) is 59.4 Å². The van der Waals surface area contributed by atoms with Crippen LogP contribution in [0, 0.1) is 10.8 Å². The third-order valence-corrected chi connectivity index (χ3v) is 4.51. The van der Waals surface area contributed by atoms with Crippen LogP contribution >= 0.6 is 0 Å². The minimum Gasteiger partial charge on any atom is -0.481 e. The molecule has 0 saturated heterocycles. The number of aromatic nitrogens is 3. The van der Waals surface area contributed by atoms with E-state index in [9.17, 15) is 9.90 Å². The third kappa shape index (κ3) is 2.80. The van der Waals surface area contributed by atoms with Gasteiger partial charge in [-0.25, -0.2) is 4.98 Å². The average Bonchev–Trinajstić information content (AvgIpc) is 2.79. The minimum atomic E-state index is -0.686. The van der Waals surface area contributed by atoms with Gasteiger partial charge in [0.05, 0.1) is 5.41 Å². The zero-order chi connectivity index (χ0) is 14.1. The number of aliphatic carboxylic acids is 1. The zero-order valence-electron chi connectivity index (χ0n) is 12.0. The summed E-state index contributed by atoms with van der Waals surface area (Å²) in [6, 6.07) is 0. The molecule has 5 heteroatoms. The normalized spacial score (nSPS) is 21.2. The number of aryl methyl sites for hydroxylation is 1. The Morgan fingerprint density at radius 1 is 1.37 bits per heavy atom. The van der Waals surface area contributed by atoms with E-state index in [1.165, 1.54) is 6.33 Å². The van der Waals surface area contributed by atoms with E-state index in [0.29, 0.717) is 6.42 Å². The van der Waals surface area contributed by atoms with Crippen LogP contribution in [-0.2, 0) is 17.8 Å². The fourth-order valence-corrected chi connectivity index (χ4v) is 2.86. The van der Waals surface area contributed by atoms with Crippen molar-refractivity contribution >= 4 is 5.97 Å². The van der Waals surface area contributed by atoms with Gasteiger partial charge in [-0.15, -0.1) is 0 Å². The van der Waals surface area contributed by atoms with E-state index in [4.69, 9.17) is 0 Å². The van der Waals surface area contributed by atoms with Gasteiger partial charge >= 0.3 is 5.97 Å². The Bertz CT molecular complexity index is 455. The van der Waals surface area contributed by atoms with E-state index in [1.807, 2.05) is 6.92 Å². The lowest BCUT2D eigenvalue weighted by molar-refractivity contribution is -0.152. The van der Waals surface area contributed by atoms with Gasteiger partial charge in [0.1, 0.15) is 12.2 Å². The molecule has 0 atom stereocenters. The highest BCUT2D eigenvalue weighted by atomic mass is 16.4. The molecule has 0 aliphatic heterocycles. The lowest BCUT2D eigenvalue weighted by Gasteiger charge is -2.40. The van der Waals surface area contributed by atoms with E-state index in [2.05, 4.69) is 23.9 Å². The van der Waals surface area contributed by atoms with Crippen molar-refractivity contribution in [1.29, 1.82) is 0 Å². The van der Waals surface area contributed by atoms with Crippen molar-refractivity contribution in [3.05, 3.63) is 12.2 Å². The molecule has 0 aromatic carbocycles. The fraction of sp³-hybridized carbons (Fsp3) is 0.786. The molecule has 2 rings (SSSR count). The highest BCUT2D eigenvalue weighted by Gasteiger charge is 2.45. The second-order valence-corrected chi connectivity index (χ2v) is 6.42. The topological polar surface area (TPSA) is 68.0 Å². The van der Waals surface area contributed by atoms with Crippen molar-refractivity contribution < 1.29 is 9.90 Å². The molecule has 1 saturated carbocycles. The molecule has 0 bridgehead atoms. The first-order chi connectivity index (χ1) is 8.88. The maximum Gasteiger partial charge on any atom is 0.310 e. The first-order valence-electron chi connectivity index (χ1n) is 6.99. The number of rotatable bonds is 4. The minimum absolute atomic E-state index is 0.261. The first-order valence-corrected chi connectivity index (χ1v) is 6.99. The summed E-state index contributed by atoms with van der Waals surface area (Å²) in [6.45, 7) is 7.16. The monoisotopic (exact) mass is 265 g/mol. The van der Waals surface area contributed by atoms with Crippen LogP contribution in [0.5, 0.6) is 0 Å². The highest BCUT2D eigenvalue weighted by molar-refractivity contribution is 5.75. The SMILES string of the molecule is CCn1ncnc1CC1(C(=O)O)CCC(C)(C)CC1. The van der Waals surface area contributed by atoms with Crippen LogP contribution in [0.15, 0.2) is 6.33 Å². The number of hydrogen-bond donors (Lipinski definition) is 1. The molecule has 1 fully saturated rings. The molecular formula is C14H23N3O2. The molecule has 1 heterocycles. The Hall–Kier alpha value is -1.39. The summed E-state index contributed by atoms with van der Waals surface area (Å²) < 4.78 is 1.80. The van der Waals surface area contributed by atoms with Crippen molar-refractivity contribution in [1.82, 2.24) is 14.8 Å². The van der Waals surface area contributed by atoms with Gasteiger partial charge in [-0.3, -0.25) is 9.48 Å². The van der Waals surface area contributed by atoms with Gasteiger partial charge in [-0.05, 0) is 38.0 Å². The molecule has 1 aliphatic rings. The van der Waals surface area contributed by atoms with Crippen molar-refractivity contribution in [2.75, 3.05) is 0 Å². The van der Waals surface area contributed by atoms with Crippen LogP contribution in [-0.4, -0.2) is 25.8 Å². The summed E-state index contributed by atoms with van der Waals surface area (Å²) in [5.41, 5.74) is -0.396. The van der Waals surface area contributed by atoms with Gasteiger partial charge in [-0.2, -0.15) is 5.10 Å². The van der Waals surface area contributed by atoms with Crippen molar-refractivity contribution in [3.8, 4) is 0 Å². The predicted octanol–water partition coefficient (Wildman–Crippen LogP) is 2.51. The smallest absolute Gasteiger partial charge is 0.310 e. The van der Waals surface area contributed by atoms with E-state index in [0.717, 1.165) is 38.1 Å². The third-order valence-electron chi connectivity index (χ3n) is 4.51. The van der Waals surface area contributed by atoms with Crippen molar-refractivity contribution in [2.24, 2.45) is 10.8 Å². The molecule has 5 nitrogen and oxygen atoms in total. The molecule has 1 aliphatic carbocycles. The summed E-state index contributed by atoms with van der Waals surface area (Å²) in [7, 11) is 0. The van der Waals surface area contributed by atoms with Gasteiger partial charge in [0.15, 0.2) is 0 Å². The number of carbonyl (C=O) groups is 1. The Morgan fingerprint density at radius 3 is 2.53 bits per heavy atom. The molecule has 1 aromatic rings. The van der Waals surface area contributed by atoms with E-state index >= 15 is 0 Å². The summed E-state index contributed by atoms with van der Waals surface area (Å²) in [5.74, 6) is 0.109. The second-order valence-electron chi connectivity index (χ2n) is 6.42. The number of nitrogens with zero attached hydrogens (tertiary/aromatic N) is 3. The van der Waals surface area contributed by atoms with Crippen LogP contribution in [0.25, 0.3) is 0 Å². The van der Waals surface area contributed by atoms with E-state index in [1.54, 1.807) is 4.68 Å². The summed E-state index contributed by atoms with van der Waals surface area (Å²) in [4.78, 5) is 16.0. The second kappa shape index (κ2) is 4.94. The van der Waals surface area contributed by atoms with E-state index in [-0.39, 0.29) is 5.41 Å². The molecule has 0 spiro atoms. The predicted molar refractivity (Wildman–Crippen MR) is 71.7 cm³/mol. The highest BCUT2D eigenvalue weighted by Crippen LogP contribution is 2.46. The number of carboxylic acids is 1. The molecule has 0 radical (unpaired) electrons. The molecule has 19 heavy (non-hydrogen) atoms. The fourth-order valence-electron chi connectivity index (χ4n) is 2.86. The number of hydrogen-bond acceptors (Lipinski definition) is 3. The molecule has 0 unspecified atom stereocenters. The van der Waals surface area contributed by atoms with Crippen LogP contribution in [0.3, 0.4) is 0 Å². The van der Waals surface area contributed by atoms with Gasteiger partial charge < -0.3 is 5.11 Å². The van der Waals surface area contributed by atoms with Crippen LogP contribution in [0.1, 0.15) is 52.3 Å². The molecule has 1 aromatic heterocycles. The average molecular weight is 265 g/mol. The maximum absolute atomic E-state index is 11.8. The standard InChI is InChI=1S/C14H23N3O2/c1-4-17-11(15-10-16-17)9-14(12(18)19)7-5-13(2,3)6-8-14/h10H,4-9H2,1-3H3,(H,18,19). The molecule has 106 valence electrons. The van der Waals surface area contributed by atoms with Gasteiger partial charge in [0, 0.05) is 13.0 Å². The van der Waals surface area contributed by atoms with Crippen molar-refractivity contribution in [3.63, 3.8) is 0 Å². The Morgan fingerprint density at radius 2 is 2.00 bits per heavy atom. The first kappa shape index (κ1) is 14.0. The zero-order valence-corrected chi connectivity index (χ0v) is 12.0. The maximum atomic E-state index is 11.8. The largest absolute Gasteiger partial charge is 0.481 e. The molecule has 1 N–H and O–H groups in total. The molecule has 0 amide bonds. The quantitative estimate of drug-likeness (QED) is 0.908. The van der Waals surface area contributed by atoms with Gasteiger partial charge in [0.2, 0.25) is 0 Å². The van der Waals surface area contributed by atoms with Crippen LogP contribution in [0.4, 0.5) is 0 Å². The summed E-state index contributed by atoms with van der Waals surface area (Å²) >= 11 is 0. The van der Waals surface area contributed by atoms with Crippen LogP contribution in [0.2, 0.25) is 0 Å².